The summed E-state index contributed by atoms with van der Waals surface area (Å²) in [7, 11) is 0. The van der Waals surface area contributed by atoms with E-state index in [9.17, 15) is 33.3 Å². The lowest BCUT2D eigenvalue weighted by Gasteiger charge is -2.42. The topological polar surface area (TPSA) is 168 Å². The third kappa shape index (κ3) is 4.66. The van der Waals surface area contributed by atoms with Gasteiger partial charge in [0.25, 0.3) is 0 Å². The molecule has 0 spiro atoms. The molecule has 15 heteroatoms. The van der Waals surface area contributed by atoms with Crippen LogP contribution in [0.1, 0.15) is 24.4 Å². The highest BCUT2D eigenvalue weighted by Gasteiger charge is 2.47. The molecule has 2 aromatic heterocycles. The summed E-state index contributed by atoms with van der Waals surface area (Å²) in [6.45, 7) is -0.577. The van der Waals surface area contributed by atoms with Crippen LogP contribution in [0.5, 0.6) is 0 Å². The Kier molecular flexibility index (Phi) is 6.66. The summed E-state index contributed by atoms with van der Waals surface area (Å²) >= 11 is 0. The van der Waals surface area contributed by atoms with Crippen molar-refractivity contribution in [3.05, 3.63) is 70.1 Å². The van der Waals surface area contributed by atoms with Gasteiger partial charge in [-0.25, -0.2) is 22.6 Å². The van der Waals surface area contributed by atoms with Crippen LogP contribution in [0.25, 0.3) is 22.4 Å². The van der Waals surface area contributed by atoms with Gasteiger partial charge in [0.2, 0.25) is 0 Å². The first-order valence-electron chi connectivity index (χ1n) is 12.3. The van der Waals surface area contributed by atoms with Crippen molar-refractivity contribution in [2.75, 3.05) is 6.61 Å². The number of rotatable bonds is 6. The zero-order chi connectivity index (χ0) is 28.1. The van der Waals surface area contributed by atoms with Crippen molar-refractivity contribution >= 4 is 16.8 Å². The van der Waals surface area contributed by atoms with Gasteiger partial charge in [-0.15, -0.1) is 5.10 Å². The van der Waals surface area contributed by atoms with E-state index in [1.807, 2.05) is 0 Å². The van der Waals surface area contributed by atoms with E-state index in [0.717, 1.165) is 16.8 Å². The molecule has 0 saturated carbocycles. The number of H-pyrrole nitrogens is 1. The number of aliphatic hydroxyl groups excluding tert-OH is 3. The zero-order valence-electron chi connectivity index (χ0n) is 20.4. The number of benzene rings is 2. The van der Waals surface area contributed by atoms with E-state index >= 15 is 0 Å². The lowest BCUT2D eigenvalue weighted by molar-refractivity contribution is -0.212. The second-order valence-corrected chi connectivity index (χ2v) is 9.64. The van der Waals surface area contributed by atoms with Gasteiger partial charge in [-0.3, -0.25) is 4.98 Å². The van der Waals surface area contributed by atoms with Crippen LogP contribution >= 0.6 is 0 Å². The molecular formula is C25H22F3N5O7. The number of hydrogen-bond donors (Lipinski definition) is 4. The Hall–Kier alpha value is -4.05. The second-order valence-electron chi connectivity index (χ2n) is 9.64. The Bertz CT molecular complexity index is 1630. The summed E-state index contributed by atoms with van der Waals surface area (Å²) < 4.78 is 52.8. The van der Waals surface area contributed by atoms with Crippen LogP contribution in [0, 0.1) is 17.5 Å². The van der Waals surface area contributed by atoms with Gasteiger partial charge in [0.1, 0.15) is 36.2 Å². The number of nitrogens with one attached hydrogen (secondary N) is 1. The van der Waals surface area contributed by atoms with Gasteiger partial charge >= 0.3 is 5.76 Å². The third-order valence-electron chi connectivity index (χ3n) is 7.07. The molecule has 4 aromatic rings. The highest BCUT2D eigenvalue weighted by molar-refractivity contribution is 6.03. The predicted octanol–water partition coefficient (Wildman–Crippen LogP) is 1.40. The summed E-state index contributed by atoms with van der Waals surface area (Å²) in [6.07, 6.45) is -3.68. The van der Waals surface area contributed by atoms with Crippen molar-refractivity contribution in [1.82, 2.24) is 20.0 Å². The van der Waals surface area contributed by atoms with E-state index in [2.05, 4.69) is 20.5 Å². The van der Waals surface area contributed by atoms with E-state index in [-0.39, 0.29) is 17.7 Å². The van der Waals surface area contributed by atoms with E-state index < -0.39 is 66.4 Å². The number of aliphatic hydroxyl groups is 3. The maximum Gasteiger partial charge on any atom is 0.417 e. The normalized spacial score (nSPS) is 26.7. The zero-order valence-corrected chi connectivity index (χ0v) is 20.4. The largest absolute Gasteiger partial charge is 0.417 e. The number of aromatic amines is 1. The molecule has 0 amide bonds. The Morgan fingerprint density at radius 3 is 2.55 bits per heavy atom. The van der Waals surface area contributed by atoms with Crippen molar-refractivity contribution in [1.29, 1.82) is 0 Å². The molecule has 4 heterocycles. The summed E-state index contributed by atoms with van der Waals surface area (Å²) in [5.41, 5.74) is 2.02. The molecule has 210 valence electrons. The van der Waals surface area contributed by atoms with Gasteiger partial charge in [-0.05, 0) is 24.3 Å². The summed E-state index contributed by atoms with van der Waals surface area (Å²) in [5, 5.41) is 43.7. The van der Waals surface area contributed by atoms with Crippen molar-refractivity contribution in [3.8, 4) is 11.3 Å². The fraction of sp³-hybridized carbons (Fsp3) is 0.360. The van der Waals surface area contributed by atoms with Crippen molar-refractivity contribution < 1.29 is 42.5 Å². The number of hydrogen-bond acceptors (Lipinski definition) is 10. The smallest absolute Gasteiger partial charge is 0.408 e. The van der Waals surface area contributed by atoms with Crippen LogP contribution in [0.3, 0.4) is 0 Å². The van der Waals surface area contributed by atoms with E-state index in [0.29, 0.717) is 28.8 Å². The van der Waals surface area contributed by atoms with Crippen LogP contribution in [0.15, 0.2) is 50.9 Å². The number of oxazole rings is 1. The minimum Gasteiger partial charge on any atom is -0.408 e. The molecule has 1 fully saturated rings. The molecule has 1 saturated heterocycles. The average Bonchev–Trinajstić information content (AvgIpc) is 3.68. The average molecular weight is 561 g/mol. The van der Waals surface area contributed by atoms with Crippen molar-refractivity contribution in [2.24, 2.45) is 5.16 Å². The van der Waals surface area contributed by atoms with Gasteiger partial charge in [-0.1, -0.05) is 16.4 Å². The maximum atomic E-state index is 13.7. The van der Waals surface area contributed by atoms with Gasteiger partial charge in [0.05, 0.1) is 30.1 Å². The molecule has 0 bridgehead atoms. The van der Waals surface area contributed by atoms with Crippen molar-refractivity contribution in [2.45, 2.75) is 49.4 Å². The number of halogens is 3. The number of ether oxygens (including phenoxy) is 1. The first-order chi connectivity index (χ1) is 19.2. The van der Waals surface area contributed by atoms with Gasteiger partial charge in [0.15, 0.2) is 23.0 Å². The van der Waals surface area contributed by atoms with Crippen LogP contribution < -0.4 is 5.76 Å². The molecule has 2 aliphatic heterocycles. The number of fused-ring (bicyclic) bond motifs is 1. The number of oxime groups is 1. The van der Waals surface area contributed by atoms with Crippen LogP contribution in [0.2, 0.25) is 0 Å². The SMILES string of the molecule is O=c1[nH]c2ccc(C3=NO[C@@H](C[C@H]4O[C@H](CO)[C@H](O)[C@H](n5cc(-c6cc(F)c(F)c(F)c6)nn5)[C@H]4O)C3)cc2o1. The van der Waals surface area contributed by atoms with E-state index in [1.54, 1.807) is 18.2 Å². The molecule has 0 aliphatic carbocycles. The highest BCUT2D eigenvalue weighted by atomic mass is 19.2. The molecule has 6 atom stereocenters. The van der Waals surface area contributed by atoms with Gasteiger partial charge < -0.3 is 29.3 Å². The lowest BCUT2D eigenvalue weighted by Crippen LogP contribution is -2.56. The Labute approximate surface area is 222 Å². The minimum atomic E-state index is -1.63. The first kappa shape index (κ1) is 26.2. The monoisotopic (exact) mass is 561 g/mol. The number of aromatic nitrogens is 4. The van der Waals surface area contributed by atoms with Crippen LogP contribution in [0.4, 0.5) is 13.2 Å². The second kappa shape index (κ2) is 10.2. The fourth-order valence-electron chi connectivity index (χ4n) is 5.05. The molecule has 0 unspecified atom stereocenters. The minimum absolute atomic E-state index is 0.0341. The molecule has 6 rings (SSSR count). The molecule has 2 aliphatic rings. The molecule has 4 N–H and O–H groups in total. The molecular weight excluding hydrogens is 539 g/mol. The summed E-state index contributed by atoms with van der Waals surface area (Å²) in [4.78, 5) is 19.5. The summed E-state index contributed by atoms with van der Waals surface area (Å²) in [5.74, 6) is -5.03. The van der Waals surface area contributed by atoms with Crippen molar-refractivity contribution in [3.63, 3.8) is 0 Å². The van der Waals surface area contributed by atoms with Crippen LogP contribution in [-0.4, -0.2) is 78.1 Å². The van der Waals surface area contributed by atoms with E-state index in [4.69, 9.17) is 14.0 Å². The molecule has 0 radical (unpaired) electrons. The predicted molar refractivity (Wildman–Crippen MR) is 130 cm³/mol. The molecule has 12 nitrogen and oxygen atoms in total. The van der Waals surface area contributed by atoms with Crippen LogP contribution in [-0.2, 0) is 9.57 Å². The number of nitrogens with zero attached hydrogens (tertiary/aromatic N) is 4. The Morgan fingerprint density at radius 2 is 1.80 bits per heavy atom. The Morgan fingerprint density at radius 1 is 1.05 bits per heavy atom. The van der Waals surface area contributed by atoms with E-state index in [1.165, 1.54) is 6.20 Å². The summed E-state index contributed by atoms with van der Waals surface area (Å²) in [6, 6.07) is 5.42. The van der Waals surface area contributed by atoms with Gasteiger partial charge in [-0.2, -0.15) is 0 Å². The Balaban J connectivity index is 1.19. The fourth-order valence-corrected chi connectivity index (χ4v) is 5.05. The highest BCUT2D eigenvalue weighted by Crippen LogP contribution is 2.34. The first-order valence-corrected chi connectivity index (χ1v) is 12.3. The quantitative estimate of drug-likeness (QED) is 0.254. The third-order valence-corrected chi connectivity index (χ3v) is 7.07. The standard InChI is InChI=1S/C25H22F3N5O7/c26-13-3-11(4-14(27)21(13)28)17-8-33(32-30-17)22-23(35)19(38-20(9-34)24(22)36)7-12-6-16(31-40-12)10-1-2-15-18(5-10)39-25(37)29-15/h1-5,8,12,19-20,22-24,34-36H,6-7,9H2,(H,29,37)/t12-,19-,20-,22-,23+,24+/m1/s1. The molecule has 2 aromatic carbocycles. The van der Waals surface area contributed by atoms with Gasteiger partial charge in [0, 0.05) is 24.0 Å². The molecule has 40 heavy (non-hydrogen) atoms. The lowest BCUT2D eigenvalue weighted by atomic mass is 9.89. The maximum absolute atomic E-state index is 13.7.